The molecular weight excluding hydrogens is 222 g/mol. The molecule has 2 rings (SSSR count). The van der Waals surface area contributed by atoms with Crippen LogP contribution in [0, 0.1) is 6.92 Å². The maximum absolute atomic E-state index is 4.46. The van der Waals surface area contributed by atoms with Crippen LogP contribution >= 0.6 is 0 Å². The van der Waals surface area contributed by atoms with Crippen LogP contribution in [-0.2, 0) is 13.1 Å². The molecule has 0 amide bonds. The summed E-state index contributed by atoms with van der Waals surface area (Å²) in [5.41, 5.74) is 4.12. The first-order chi connectivity index (χ1) is 8.66. The summed E-state index contributed by atoms with van der Waals surface area (Å²) in [5, 5.41) is 0. The average molecular weight is 249 g/mol. The van der Waals surface area contributed by atoms with Crippen molar-refractivity contribution in [3.8, 4) is 0 Å². The number of aromatic nitrogens is 1. The Labute approximate surface area is 112 Å². The van der Waals surface area contributed by atoms with E-state index in [-0.39, 0.29) is 0 Å². The van der Waals surface area contributed by atoms with Crippen LogP contribution in [0.25, 0.3) is 0 Å². The Kier molecular flexibility index (Phi) is 6.30. The minimum atomic E-state index is 1.03. The Bertz CT molecular complexity index is 361. The molecule has 0 fully saturated rings. The molecule has 0 radical (unpaired) electrons. The molecule has 102 valence electrons. The van der Waals surface area contributed by atoms with Gasteiger partial charge in [0.05, 0.1) is 5.69 Å². The minimum Gasteiger partial charge on any atom is -0.309 e. The Balaban J connectivity index is 0.000000771. The van der Waals surface area contributed by atoms with Crippen molar-refractivity contribution in [3.63, 3.8) is 0 Å². The van der Waals surface area contributed by atoms with E-state index in [2.05, 4.69) is 41.9 Å². The molecule has 1 aromatic heterocycles. The van der Waals surface area contributed by atoms with Gasteiger partial charge in [-0.15, -0.1) is 0 Å². The number of fused-ring (bicyclic) bond motifs is 1. The van der Waals surface area contributed by atoms with Gasteiger partial charge in [0, 0.05) is 25.8 Å². The summed E-state index contributed by atoms with van der Waals surface area (Å²) in [6.07, 6.45) is 3.16. The van der Waals surface area contributed by atoms with Crippen molar-refractivity contribution in [2.24, 2.45) is 0 Å². The predicted octanol–water partition coefficient (Wildman–Crippen LogP) is 2.68. The van der Waals surface area contributed by atoms with E-state index in [9.17, 15) is 0 Å². The highest BCUT2D eigenvalue weighted by Crippen LogP contribution is 2.23. The highest BCUT2D eigenvalue weighted by atomic mass is 15.2. The monoisotopic (exact) mass is 249 g/mol. The second kappa shape index (κ2) is 7.49. The first-order valence-corrected chi connectivity index (χ1v) is 6.97. The number of rotatable bonds is 4. The summed E-state index contributed by atoms with van der Waals surface area (Å²) in [6, 6.07) is 2.11. The number of nitrogens with zero attached hydrogens (tertiary/aromatic N) is 3. The lowest BCUT2D eigenvalue weighted by Gasteiger charge is -2.16. The van der Waals surface area contributed by atoms with Gasteiger partial charge in [0.1, 0.15) is 0 Å². The molecule has 0 bridgehead atoms. The van der Waals surface area contributed by atoms with Crippen molar-refractivity contribution in [1.29, 1.82) is 0 Å². The van der Waals surface area contributed by atoms with Crippen LogP contribution in [-0.4, -0.2) is 42.0 Å². The van der Waals surface area contributed by atoms with Crippen LogP contribution < -0.4 is 0 Å². The normalized spacial score (nSPS) is 14.3. The molecule has 2 heterocycles. The Morgan fingerprint density at radius 3 is 2.61 bits per heavy atom. The Morgan fingerprint density at radius 2 is 2.00 bits per heavy atom. The average Bonchev–Trinajstić information content (AvgIpc) is 2.76. The molecule has 0 atom stereocenters. The molecule has 0 spiro atoms. The third-order valence-corrected chi connectivity index (χ3v) is 3.21. The lowest BCUT2D eigenvalue weighted by Crippen LogP contribution is -2.22. The largest absolute Gasteiger partial charge is 0.309 e. The van der Waals surface area contributed by atoms with Gasteiger partial charge in [-0.2, -0.15) is 0 Å². The number of hydrogen-bond acceptors (Lipinski definition) is 3. The van der Waals surface area contributed by atoms with Gasteiger partial charge in [-0.1, -0.05) is 13.8 Å². The molecule has 3 heteroatoms. The zero-order valence-corrected chi connectivity index (χ0v) is 12.5. The molecule has 3 nitrogen and oxygen atoms in total. The van der Waals surface area contributed by atoms with Crippen LogP contribution in [0.15, 0.2) is 12.3 Å². The summed E-state index contributed by atoms with van der Waals surface area (Å²) < 4.78 is 0. The van der Waals surface area contributed by atoms with Gasteiger partial charge < -0.3 is 4.90 Å². The SMILES string of the molecule is CC.Cc1ccnc2c1CN(CCCN(C)C)C2. The second-order valence-corrected chi connectivity index (χ2v) is 4.92. The summed E-state index contributed by atoms with van der Waals surface area (Å²) in [4.78, 5) is 9.20. The van der Waals surface area contributed by atoms with E-state index in [4.69, 9.17) is 0 Å². The van der Waals surface area contributed by atoms with Crippen LogP contribution in [0.2, 0.25) is 0 Å². The smallest absolute Gasteiger partial charge is 0.0591 e. The van der Waals surface area contributed by atoms with Crippen molar-refractivity contribution in [1.82, 2.24) is 14.8 Å². The molecule has 1 aromatic rings. The van der Waals surface area contributed by atoms with Crippen molar-refractivity contribution in [3.05, 3.63) is 29.1 Å². The van der Waals surface area contributed by atoms with Crippen LogP contribution in [0.5, 0.6) is 0 Å². The Morgan fingerprint density at radius 1 is 1.28 bits per heavy atom. The molecule has 1 aliphatic heterocycles. The van der Waals surface area contributed by atoms with E-state index >= 15 is 0 Å². The second-order valence-electron chi connectivity index (χ2n) is 4.92. The molecule has 18 heavy (non-hydrogen) atoms. The highest BCUT2D eigenvalue weighted by Gasteiger charge is 2.20. The van der Waals surface area contributed by atoms with E-state index in [1.807, 2.05) is 20.0 Å². The molecule has 0 aliphatic carbocycles. The maximum atomic E-state index is 4.46. The third kappa shape index (κ3) is 4.07. The van der Waals surface area contributed by atoms with Gasteiger partial charge in [0.25, 0.3) is 0 Å². The molecule has 0 aromatic carbocycles. The fourth-order valence-electron chi connectivity index (χ4n) is 2.26. The van der Waals surface area contributed by atoms with Crippen molar-refractivity contribution < 1.29 is 0 Å². The van der Waals surface area contributed by atoms with Gasteiger partial charge in [0.2, 0.25) is 0 Å². The molecule has 0 saturated heterocycles. The fraction of sp³-hybridized carbons (Fsp3) is 0.667. The van der Waals surface area contributed by atoms with Gasteiger partial charge in [-0.25, -0.2) is 0 Å². The molecule has 0 N–H and O–H groups in total. The molecule has 0 unspecified atom stereocenters. The fourth-order valence-corrected chi connectivity index (χ4v) is 2.26. The number of pyridine rings is 1. The zero-order valence-electron chi connectivity index (χ0n) is 12.5. The van der Waals surface area contributed by atoms with E-state index in [1.165, 1.54) is 36.3 Å². The minimum absolute atomic E-state index is 1.03. The highest BCUT2D eigenvalue weighted by molar-refractivity contribution is 5.31. The van der Waals surface area contributed by atoms with E-state index in [0.29, 0.717) is 0 Å². The lowest BCUT2D eigenvalue weighted by molar-refractivity contribution is 0.261. The van der Waals surface area contributed by atoms with Crippen LogP contribution in [0.3, 0.4) is 0 Å². The van der Waals surface area contributed by atoms with E-state index in [0.717, 1.165) is 13.1 Å². The van der Waals surface area contributed by atoms with Gasteiger partial charge in [-0.05, 0) is 51.2 Å². The summed E-state index contributed by atoms with van der Waals surface area (Å²) in [5.74, 6) is 0. The van der Waals surface area contributed by atoms with E-state index in [1.54, 1.807) is 0 Å². The number of aryl methyl sites for hydroxylation is 1. The van der Waals surface area contributed by atoms with Gasteiger partial charge in [0.15, 0.2) is 0 Å². The third-order valence-electron chi connectivity index (χ3n) is 3.21. The summed E-state index contributed by atoms with van der Waals surface area (Å²) in [6.45, 7) is 10.6. The Hall–Kier alpha value is -0.930. The zero-order chi connectivity index (χ0) is 13.5. The van der Waals surface area contributed by atoms with Crippen LogP contribution in [0.4, 0.5) is 0 Å². The van der Waals surface area contributed by atoms with Crippen molar-refractivity contribution in [2.75, 3.05) is 27.2 Å². The quantitative estimate of drug-likeness (QED) is 0.818. The molecular formula is C15H27N3. The lowest BCUT2D eigenvalue weighted by atomic mass is 10.1. The van der Waals surface area contributed by atoms with Crippen LogP contribution in [0.1, 0.15) is 37.1 Å². The maximum Gasteiger partial charge on any atom is 0.0591 e. The summed E-state index contributed by atoms with van der Waals surface area (Å²) in [7, 11) is 4.26. The first-order valence-electron chi connectivity index (χ1n) is 6.97. The van der Waals surface area contributed by atoms with E-state index < -0.39 is 0 Å². The topological polar surface area (TPSA) is 19.4 Å². The van der Waals surface area contributed by atoms with Crippen molar-refractivity contribution in [2.45, 2.75) is 40.3 Å². The van der Waals surface area contributed by atoms with Gasteiger partial charge >= 0.3 is 0 Å². The summed E-state index contributed by atoms with van der Waals surface area (Å²) >= 11 is 0. The molecule has 1 aliphatic rings. The van der Waals surface area contributed by atoms with Crippen molar-refractivity contribution >= 4 is 0 Å². The first kappa shape index (κ1) is 15.1. The predicted molar refractivity (Wildman–Crippen MR) is 77.6 cm³/mol. The standard InChI is InChI=1S/C13H21N3.C2H6/c1-11-5-6-14-13-10-16(9-12(11)13)8-4-7-15(2)3;1-2/h5-6H,4,7-10H2,1-3H3;1-2H3. The number of hydrogen-bond donors (Lipinski definition) is 0. The molecule has 0 saturated carbocycles. The van der Waals surface area contributed by atoms with Gasteiger partial charge in [-0.3, -0.25) is 9.88 Å².